The van der Waals surface area contributed by atoms with Gasteiger partial charge in [-0.1, -0.05) is 29.8 Å². The highest BCUT2D eigenvalue weighted by molar-refractivity contribution is 6.31. The molecule has 0 amide bonds. The van der Waals surface area contributed by atoms with Crippen LogP contribution in [-0.4, -0.2) is 13.1 Å². The number of hydrogen-bond acceptors (Lipinski definition) is 4. The first-order valence-corrected chi connectivity index (χ1v) is 4.37. The predicted octanol–water partition coefficient (Wildman–Crippen LogP) is 1.44. The van der Waals surface area contributed by atoms with Crippen molar-refractivity contribution in [3.05, 3.63) is 34.9 Å². The summed E-state index contributed by atoms with van der Waals surface area (Å²) in [6.07, 6.45) is 0. The van der Waals surface area contributed by atoms with Crippen molar-refractivity contribution in [2.24, 2.45) is 5.84 Å². The molecule has 0 saturated heterocycles. The van der Waals surface area contributed by atoms with Crippen molar-refractivity contribution in [3.63, 3.8) is 0 Å². The molecule has 0 radical (unpaired) electrons. The van der Waals surface area contributed by atoms with Crippen molar-refractivity contribution in [2.45, 2.75) is 6.04 Å². The Hall–Kier alpha value is -0.810. The first-order chi connectivity index (χ1) is 6.70. The molecular weight excluding hydrogens is 239 g/mol. The number of carbonyl (C=O) groups is 1. The number of ether oxygens (including phenoxy) is 1. The summed E-state index contributed by atoms with van der Waals surface area (Å²) in [6, 6.07) is 6.22. The molecule has 1 aromatic rings. The summed E-state index contributed by atoms with van der Waals surface area (Å²) in [5, 5.41) is 0.473. The molecule has 1 aromatic carbocycles. The second-order valence-corrected chi connectivity index (χ2v) is 3.05. The first-order valence-electron chi connectivity index (χ1n) is 3.99. The number of nitrogens with two attached hydrogens (primary N) is 1. The van der Waals surface area contributed by atoms with E-state index in [-0.39, 0.29) is 12.4 Å². The highest BCUT2D eigenvalue weighted by atomic mass is 35.5. The van der Waals surface area contributed by atoms with Crippen LogP contribution in [0.25, 0.3) is 0 Å². The van der Waals surface area contributed by atoms with Gasteiger partial charge in [-0.3, -0.25) is 5.84 Å². The van der Waals surface area contributed by atoms with E-state index in [2.05, 4.69) is 10.2 Å². The Morgan fingerprint density at radius 3 is 2.60 bits per heavy atom. The lowest BCUT2D eigenvalue weighted by Crippen LogP contribution is -2.34. The second kappa shape index (κ2) is 6.63. The van der Waals surface area contributed by atoms with Crippen LogP contribution in [0, 0.1) is 0 Å². The molecule has 0 saturated carbocycles. The average Bonchev–Trinajstić information content (AvgIpc) is 2.21. The summed E-state index contributed by atoms with van der Waals surface area (Å²) in [7, 11) is 1.30. The van der Waals surface area contributed by atoms with Gasteiger partial charge in [-0.2, -0.15) is 0 Å². The number of methoxy groups -OCH3 is 1. The van der Waals surface area contributed by atoms with Gasteiger partial charge in [0.15, 0.2) is 0 Å². The fourth-order valence-corrected chi connectivity index (χ4v) is 1.36. The molecule has 4 nitrogen and oxygen atoms in total. The van der Waals surface area contributed by atoms with Crippen LogP contribution in [0.4, 0.5) is 0 Å². The van der Waals surface area contributed by atoms with Crippen LogP contribution in [0.3, 0.4) is 0 Å². The van der Waals surface area contributed by atoms with Crippen LogP contribution < -0.4 is 11.3 Å². The number of rotatable bonds is 3. The lowest BCUT2D eigenvalue weighted by atomic mass is 10.1. The van der Waals surface area contributed by atoms with Crippen LogP contribution in [0.1, 0.15) is 11.6 Å². The number of hydrazine groups is 1. The van der Waals surface area contributed by atoms with Gasteiger partial charge in [-0.05, 0) is 6.07 Å². The number of nitrogens with one attached hydrogen (secondary N) is 1. The van der Waals surface area contributed by atoms with Crippen LogP contribution in [0.15, 0.2) is 24.3 Å². The van der Waals surface area contributed by atoms with Gasteiger partial charge in [0.25, 0.3) is 0 Å². The molecule has 0 fully saturated rings. The van der Waals surface area contributed by atoms with E-state index in [1.165, 1.54) is 7.11 Å². The third-order valence-electron chi connectivity index (χ3n) is 1.82. The summed E-state index contributed by atoms with van der Waals surface area (Å²) < 4.78 is 4.57. The highest BCUT2D eigenvalue weighted by Crippen LogP contribution is 2.22. The Labute approximate surface area is 99.1 Å². The largest absolute Gasteiger partial charge is 0.468 e. The normalized spacial score (nSPS) is 11.4. The second-order valence-electron chi connectivity index (χ2n) is 2.64. The zero-order valence-electron chi connectivity index (χ0n) is 8.07. The minimum atomic E-state index is -0.728. The van der Waals surface area contributed by atoms with E-state index in [1.54, 1.807) is 24.3 Å². The number of esters is 1. The molecule has 1 unspecified atom stereocenters. The maximum Gasteiger partial charge on any atom is 0.328 e. The van der Waals surface area contributed by atoms with E-state index < -0.39 is 12.0 Å². The molecule has 0 aliphatic carbocycles. The fraction of sp³-hybridized carbons (Fsp3) is 0.222. The number of hydrogen-bond donors (Lipinski definition) is 2. The highest BCUT2D eigenvalue weighted by Gasteiger charge is 2.21. The Morgan fingerprint density at radius 1 is 1.53 bits per heavy atom. The molecule has 0 aliphatic rings. The van der Waals surface area contributed by atoms with E-state index in [0.29, 0.717) is 10.6 Å². The average molecular weight is 251 g/mol. The molecule has 0 bridgehead atoms. The van der Waals surface area contributed by atoms with E-state index in [4.69, 9.17) is 17.4 Å². The van der Waals surface area contributed by atoms with E-state index in [1.807, 2.05) is 0 Å². The molecule has 84 valence electrons. The molecule has 0 heterocycles. The van der Waals surface area contributed by atoms with Gasteiger partial charge in [0.2, 0.25) is 0 Å². The SMILES string of the molecule is COC(=O)C(NN)c1ccccc1Cl.Cl. The van der Waals surface area contributed by atoms with Crippen molar-refractivity contribution < 1.29 is 9.53 Å². The predicted molar refractivity (Wildman–Crippen MR) is 60.8 cm³/mol. The number of halogens is 2. The number of carbonyl (C=O) groups excluding carboxylic acids is 1. The summed E-state index contributed by atoms with van der Waals surface area (Å²) in [4.78, 5) is 11.3. The van der Waals surface area contributed by atoms with Crippen molar-refractivity contribution in [1.29, 1.82) is 0 Å². The van der Waals surface area contributed by atoms with Crippen LogP contribution >= 0.6 is 24.0 Å². The molecule has 0 aromatic heterocycles. The van der Waals surface area contributed by atoms with Crippen molar-refractivity contribution in [3.8, 4) is 0 Å². The molecule has 1 rings (SSSR count). The summed E-state index contributed by atoms with van der Waals surface area (Å²) in [6.45, 7) is 0. The Kier molecular flexibility index (Phi) is 6.27. The lowest BCUT2D eigenvalue weighted by molar-refractivity contribution is -0.143. The summed E-state index contributed by atoms with van der Waals surface area (Å²) in [5.41, 5.74) is 2.95. The van der Waals surface area contributed by atoms with Gasteiger partial charge in [-0.15, -0.1) is 12.4 Å². The molecule has 15 heavy (non-hydrogen) atoms. The third kappa shape index (κ3) is 3.35. The quantitative estimate of drug-likeness (QED) is 0.484. The molecule has 1 atom stereocenters. The van der Waals surface area contributed by atoms with E-state index >= 15 is 0 Å². The molecular formula is C9H12Cl2N2O2. The zero-order chi connectivity index (χ0) is 10.6. The van der Waals surface area contributed by atoms with E-state index in [0.717, 1.165) is 0 Å². The standard InChI is InChI=1S/C9H11ClN2O2.ClH/c1-14-9(13)8(12-11)6-4-2-3-5-7(6)10;/h2-5,8,12H,11H2,1H3;1H. The lowest BCUT2D eigenvalue weighted by Gasteiger charge is -2.14. The monoisotopic (exact) mass is 250 g/mol. The topological polar surface area (TPSA) is 64.3 Å². The smallest absolute Gasteiger partial charge is 0.328 e. The Morgan fingerprint density at radius 2 is 2.13 bits per heavy atom. The maximum atomic E-state index is 11.3. The van der Waals surface area contributed by atoms with Crippen LogP contribution in [-0.2, 0) is 9.53 Å². The molecule has 0 aliphatic heterocycles. The minimum absolute atomic E-state index is 0. The minimum Gasteiger partial charge on any atom is -0.468 e. The third-order valence-corrected chi connectivity index (χ3v) is 2.16. The van der Waals surface area contributed by atoms with Gasteiger partial charge >= 0.3 is 5.97 Å². The fourth-order valence-electron chi connectivity index (χ4n) is 1.11. The van der Waals surface area contributed by atoms with E-state index in [9.17, 15) is 4.79 Å². The first kappa shape index (κ1) is 14.2. The Bertz CT molecular complexity index is 334. The van der Waals surface area contributed by atoms with Crippen molar-refractivity contribution >= 4 is 30.0 Å². The van der Waals surface area contributed by atoms with Gasteiger partial charge in [0, 0.05) is 10.6 Å². The summed E-state index contributed by atoms with van der Waals surface area (Å²) in [5.74, 6) is 4.77. The summed E-state index contributed by atoms with van der Waals surface area (Å²) >= 11 is 5.90. The maximum absolute atomic E-state index is 11.3. The van der Waals surface area contributed by atoms with Gasteiger partial charge in [-0.25, -0.2) is 10.2 Å². The van der Waals surface area contributed by atoms with Gasteiger partial charge < -0.3 is 4.74 Å². The van der Waals surface area contributed by atoms with Gasteiger partial charge in [0.05, 0.1) is 7.11 Å². The molecule has 3 N–H and O–H groups in total. The molecule has 0 spiro atoms. The van der Waals surface area contributed by atoms with Crippen LogP contribution in [0.2, 0.25) is 5.02 Å². The number of benzene rings is 1. The van der Waals surface area contributed by atoms with Crippen molar-refractivity contribution in [1.82, 2.24) is 5.43 Å². The van der Waals surface area contributed by atoms with Crippen LogP contribution in [0.5, 0.6) is 0 Å². The Balaban J connectivity index is 0.00000196. The zero-order valence-corrected chi connectivity index (χ0v) is 9.64. The van der Waals surface area contributed by atoms with Gasteiger partial charge in [0.1, 0.15) is 6.04 Å². The van der Waals surface area contributed by atoms with Crippen molar-refractivity contribution in [2.75, 3.05) is 7.11 Å². The molecule has 6 heteroatoms.